The summed E-state index contributed by atoms with van der Waals surface area (Å²) in [7, 11) is 0. The third-order valence-electron chi connectivity index (χ3n) is 2.26. The number of nitrogen functional groups attached to an aromatic ring is 1. The molecule has 17 heavy (non-hydrogen) atoms. The van der Waals surface area contributed by atoms with Crippen molar-refractivity contribution in [1.82, 2.24) is 4.98 Å². The maximum Gasteiger partial charge on any atom is 0.164 e. The first kappa shape index (κ1) is 11.7. The van der Waals surface area contributed by atoms with Gasteiger partial charge in [-0.15, -0.1) is 0 Å². The highest BCUT2D eigenvalue weighted by atomic mass is 35.5. The van der Waals surface area contributed by atoms with E-state index in [1.165, 1.54) is 0 Å². The first-order valence-electron chi connectivity index (χ1n) is 4.74. The number of pyridine rings is 1. The summed E-state index contributed by atoms with van der Waals surface area (Å²) in [5.41, 5.74) is 7.37. The Morgan fingerprint density at radius 1 is 1.18 bits per heavy atom. The predicted molar refractivity (Wildman–Crippen MR) is 68.8 cm³/mol. The number of nitriles is 1. The monoisotopic (exact) mass is 263 g/mol. The van der Waals surface area contributed by atoms with Crippen LogP contribution in [0.5, 0.6) is 0 Å². The summed E-state index contributed by atoms with van der Waals surface area (Å²) in [5.74, 6) is 0. The number of benzene rings is 1. The fourth-order valence-electron chi connectivity index (χ4n) is 1.41. The molecule has 1 aromatic carbocycles. The van der Waals surface area contributed by atoms with Gasteiger partial charge in [-0.25, -0.2) is 4.98 Å². The molecule has 1 aromatic heterocycles. The van der Waals surface area contributed by atoms with Crippen LogP contribution in [-0.2, 0) is 0 Å². The van der Waals surface area contributed by atoms with Gasteiger partial charge < -0.3 is 5.73 Å². The molecule has 0 aliphatic carbocycles. The Morgan fingerprint density at radius 2 is 1.94 bits per heavy atom. The van der Waals surface area contributed by atoms with Crippen LogP contribution in [0.4, 0.5) is 5.69 Å². The van der Waals surface area contributed by atoms with Crippen molar-refractivity contribution in [1.29, 1.82) is 5.26 Å². The molecular formula is C12H7Cl2N3. The molecule has 0 aliphatic rings. The van der Waals surface area contributed by atoms with E-state index >= 15 is 0 Å². The Hall–Kier alpha value is -1.76. The van der Waals surface area contributed by atoms with Crippen molar-refractivity contribution in [2.45, 2.75) is 0 Å². The fraction of sp³-hybridized carbons (Fsp3) is 0. The number of nitrogens with zero attached hydrogens (tertiary/aromatic N) is 2. The Kier molecular flexibility index (Phi) is 3.19. The van der Waals surface area contributed by atoms with E-state index in [-0.39, 0.29) is 5.69 Å². The van der Waals surface area contributed by atoms with Crippen molar-refractivity contribution >= 4 is 28.9 Å². The highest BCUT2D eigenvalue weighted by Gasteiger charge is 2.09. The molecule has 2 rings (SSSR count). The fourth-order valence-corrected chi connectivity index (χ4v) is 1.81. The van der Waals surface area contributed by atoms with E-state index in [9.17, 15) is 0 Å². The summed E-state index contributed by atoms with van der Waals surface area (Å²) in [6, 6.07) is 10.5. The van der Waals surface area contributed by atoms with Crippen molar-refractivity contribution in [3.05, 3.63) is 46.1 Å². The third kappa shape index (κ3) is 2.19. The van der Waals surface area contributed by atoms with Gasteiger partial charge in [0.1, 0.15) is 6.07 Å². The third-order valence-corrected chi connectivity index (χ3v) is 3.08. The van der Waals surface area contributed by atoms with Crippen molar-refractivity contribution < 1.29 is 0 Å². The van der Waals surface area contributed by atoms with Gasteiger partial charge in [-0.3, -0.25) is 0 Å². The van der Waals surface area contributed by atoms with E-state index in [1.807, 2.05) is 6.07 Å². The largest absolute Gasteiger partial charge is 0.396 e. The van der Waals surface area contributed by atoms with Gasteiger partial charge in [0.25, 0.3) is 0 Å². The van der Waals surface area contributed by atoms with Crippen LogP contribution in [-0.4, -0.2) is 4.98 Å². The number of rotatable bonds is 1. The topological polar surface area (TPSA) is 62.7 Å². The van der Waals surface area contributed by atoms with E-state index in [2.05, 4.69) is 4.98 Å². The molecule has 1 heterocycles. The van der Waals surface area contributed by atoms with Gasteiger partial charge in [-0.05, 0) is 18.2 Å². The molecule has 0 radical (unpaired) electrons. The van der Waals surface area contributed by atoms with Gasteiger partial charge >= 0.3 is 0 Å². The molecule has 0 amide bonds. The molecule has 0 bridgehead atoms. The molecule has 0 unspecified atom stereocenters. The second-order valence-corrected chi connectivity index (χ2v) is 4.13. The lowest BCUT2D eigenvalue weighted by Crippen LogP contribution is -1.95. The van der Waals surface area contributed by atoms with Crippen LogP contribution in [0.2, 0.25) is 10.0 Å². The van der Waals surface area contributed by atoms with Gasteiger partial charge in [0.2, 0.25) is 0 Å². The molecule has 3 nitrogen and oxygen atoms in total. The molecule has 0 spiro atoms. The molecule has 2 aromatic rings. The van der Waals surface area contributed by atoms with Gasteiger partial charge in [0.05, 0.1) is 21.4 Å². The van der Waals surface area contributed by atoms with E-state index in [0.29, 0.717) is 27.0 Å². The van der Waals surface area contributed by atoms with Gasteiger partial charge in [0, 0.05) is 5.56 Å². The molecule has 0 aliphatic heterocycles. The normalized spacial score (nSPS) is 9.94. The number of hydrogen-bond donors (Lipinski definition) is 1. The lowest BCUT2D eigenvalue weighted by atomic mass is 10.1. The number of anilines is 1. The summed E-state index contributed by atoms with van der Waals surface area (Å²) in [6.07, 6.45) is 0. The lowest BCUT2D eigenvalue weighted by molar-refractivity contribution is 1.27. The highest BCUT2D eigenvalue weighted by Crippen LogP contribution is 2.32. The van der Waals surface area contributed by atoms with Crippen LogP contribution in [0, 0.1) is 11.3 Å². The maximum absolute atomic E-state index is 8.86. The Labute approximate surface area is 108 Å². The molecule has 0 saturated carbocycles. The number of aromatic nitrogens is 1. The minimum atomic E-state index is 0.179. The van der Waals surface area contributed by atoms with Crippen LogP contribution in [0.3, 0.4) is 0 Å². The molecule has 5 heteroatoms. The minimum Gasteiger partial charge on any atom is -0.396 e. The van der Waals surface area contributed by atoms with E-state index in [0.717, 1.165) is 0 Å². The SMILES string of the molecule is N#Cc1nc(-c2cccc(Cl)c2Cl)ccc1N. The summed E-state index contributed by atoms with van der Waals surface area (Å²) >= 11 is 12.0. The van der Waals surface area contributed by atoms with E-state index < -0.39 is 0 Å². The number of hydrogen-bond acceptors (Lipinski definition) is 3. The Balaban J connectivity index is 2.62. The molecule has 0 saturated heterocycles. The summed E-state index contributed by atoms with van der Waals surface area (Å²) < 4.78 is 0. The van der Waals surface area contributed by atoms with Crippen molar-refractivity contribution in [2.75, 3.05) is 5.73 Å². The zero-order valence-corrected chi connectivity index (χ0v) is 10.1. The predicted octanol–water partition coefficient (Wildman–Crippen LogP) is 3.51. The van der Waals surface area contributed by atoms with Crippen LogP contribution in [0.25, 0.3) is 11.3 Å². The summed E-state index contributed by atoms with van der Waals surface area (Å²) in [5, 5.41) is 9.72. The van der Waals surface area contributed by atoms with E-state index in [1.54, 1.807) is 30.3 Å². The lowest BCUT2D eigenvalue weighted by Gasteiger charge is -2.06. The smallest absolute Gasteiger partial charge is 0.164 e. The van der Waals surface area contributed by atoms with Gasteiger partial charge in [-0.1, -0.05) is 35.3 Å². The number of nitrogens with two attached hydrogens (primary N) is 1. The minimum absolute atomic E-state index is 0.179. The second-order valence-electron chi connectivity index (χ2n) is 3.35. The Bertz CT molecular complexity index is 618. The average Bonchev–Trinajstić information content (AvgIpc) is 2.34. The highest BCUT2D eigenvalue weighted by molar-refractivity contribution is 6.43. The number of halogens is 2. The van der Waals surface area contributed by atoms with Crippen LogP contribution in [0.15, 0.2) is 30.3 Å². The zero-order chi connectivity index (χ0) is 12.4. The van der Waals surface area contributed by atoms with Crippen molar-refractivity contribution in [3.8, 4) is 17.3 Å². The first-order valence-corrected chi connectivity index (χ1v) is 5.50. The zero-order valence-electron chi connectivity index (χ0n) is 8.61. The van der Waals surface area contributed by atoms with Crippen LogP contribution < -0.4 is 5.73 Å². The molecule has 2 N–H and O–H groups in total. The summed E-state index contributed by atoms with van der Waals surface area (Å²) in [4.78, 5) is 4.13. The van der Waals surface area contributed by atoms with Crippen molar-refractivity contribution in [3.63, 3.8) is 0 Å². The van der Waals surface area contributed by atoms with Gasteiger partial charge in [0.15, 0.2) is 5.69 Å². The van der Waals surface area contributed by atoms with Crippen LogP contribution in [0.1, 0.15) is 5.69 Å². The van der Waals surface area contributed by atoms with Crippen LogP contribution >= 0.6 is 23.2 Å². The maximum atomic E-state index is 8.86. The molecule has 0 atom stereocenters. The first-order chi connectivity index (χ1) is 8.13. The molecule has 0 fully saturated rings. The molecular weight excluding hydrogens is 257 g/mol. The quantitative estimate of drug-likeness (QED) is 0.857. The summed E-state index contributed by atoms with van der Waals surface area (Å²) in [6.45, 7) is 0. The second kappa shape index (κ2) is 4.62. The van der Waals surface area contributed by atoms with Gasteiger partial charge in [-0.2, -0.15) is 5.26 Å². The molecule has 84 valence electrons. The van der Waals surface area contributed by atoms with Crippen molar-refractivity contribution in [2.24, 2.45) is 0 Å². The Morgan fingerprint density at radius 3 is 2.65 bits per heavy atom. The standard InChI is InChI=1S/C12H7Cl2N3/c13-8-3-1-2-7(12(8)14)10-5-4-9(16)11(6-15)17-10/h1-5H,16H2. The van der Waals surface area contributed by atoms with E-state index in [4.69, 9.17) is 34.2 Å². The average molecular weight is 264 g/mol.